The van der Waals surface area contributed by atoms with Gasteiger partial charge in [0.05, 0.1) is 18.2 Å². The lowest BCUT2D eigenvalue weighted by molar-refractivity contribution is -0.00728. The van der Waals surface area contributed by atoms with Gasteiger partial charge in [0.25, 0.3) is 5.91 Å². The van der Waals surface area contributed by atoms with Gasteiger partial charge in [-0.3, -0.25) is 9.89 Å². The molecule has 8 nitrogen and oxygen atoms in total. The zero-order chi connectivity index (χ0) is 26.3. The highest BCUT2D eigenvalue weighted by Gasteiger charge is 2.36. The van der Waals surface area contributed by atoms with Gasteiger partial charge in [0.15, 0.2) is 0 Å². The molecular formula is C29H28FN5O3. The van der Waals surface area contributed by atoms with Crippen molar-refractivity contribution in [1.29, 1.82) is 0 Å². The Balaban J connectivity index is 1.21. The van der Waals surface area contributed by atoms with Crippen molar-refractivity contribution in [2.24, 2.45) is 0 Å². The van der Waals surface area contributed by atoms with E-state index in [2.05, 4.69) is 20.5 Å². The van der Waals surface area contributed by atoms with E-state index in [1.54, 1.807) is 24.4 Å². The first-order valence-electron chi connectivity index (χ1n) is 12.7. The zero-order valence-corrected chi connectivity index (χ0v) is 20.9. The van der Waals surface area contributed by atoms with Gasteiger partial charge in [-0.05, 0) is 68.1 Å². The van der Waals surface area contributed by atoms with Crippen LogP contribution in [0.15, 0.2) is 67.1 Å². The van der Waals surface area contributed by atoms with Crippen LogP contribution in [0.3, 0.4) is 0 Å². The summed E-state index contributed by atoms with van der Waals surface area (Å²) in [5.41, 5.74) is 3.04. The maximum absolute atomic E-state index is 14.5. The number of H-pyrrole nitrogens is 1. The molecule has 0 bridgehead atoms. The Morgan fingerprint density at radius 1 is 1.29 bits per heavy atom. The summed E-state index contributed by atoms with van der Waals surface area (Å²) in [5.74, 6) is -0.205. The molecule has 0 radical (unpaired) electrons. The lowest BCUT2D eigenvalue weighted by atomic mass is 9.77. The topological polar surface area (TPSA) is 105 Å². The predicted molar refractivity (Wildman–Crippen MR) is 142 cm³/mol. The maximum atomic E-state index is 14.5. The Bertz CT molecular complexity index is 1640. The van der Waals surface area contributed by atoms with Crippen LogP contribution in [0.5, 0.6) is 5.75 Å². The zero-order valence-electron chi connectivity index (χ0n) is 20.9. The molecule has 2 aromatic carbocycles. The summed E-state index contributed by atoms with van der Waals surface area (Å²) in [4.78, 5) is 17.6. The van der Waals surface area contributed by atoms with E-state index in [1.165, 1.54) is 13.2 Å². The van der Waals surface area contributed by atoms with Crippen LogP contribution in [0.25, 0.3) is 27.8 Å². The minimum atomic E-state index is -1.14. The molecule has 0 aliphatic heterocycles. The summed E-state index contributed by atoms with van der Waals surface area (Å²) in [6.07, 6.45) is 8.03. The number of imidazole rings is 1. The monoisotopic (exact) mass is 513 g/mol. The number of carbonyl (C=O) groups is 1. The highest BCUT2D eigenvalue weighted by atomic mass is 19.1. The SMILES string of the molecule is COc1cccc(F)c1C[C@@]1(O)CCC[C@@H](NC(=O)c2ccc3[nH]nc(-c4ccc5nccn5c4)c3c2)C1. The van der Waals surface area contributed by atoms with Gasteiger partial charge in [-0.2, -0.15) is 5.10 Å². The number of rotatable bonds is 6. The summed E-state index contributed by atoms with van der Waals surface area (Å²) in [6.45, 7) is 0. The van der Waals surface area contributed by atoms with Gasteiger partial charge in [-0.1, -0.05) is 6.07 Å². The molecule has 0 unspecified atom stereocenters. The quantitative estimate of drug-likeness (QED) is 0.306. The molecule has 1 aliphatic carbocycles. The van der Waals surface area contributed by atoms with E-state index in [4.69, 9.17) is 4.74 Å². The van der Waals surface area contributed by atoms with Crippen LogP contribution in [0.1, 0.15) is 41.6 Å². The molecule has 1 aliphatic rings. The minimum Gasteiger partial charge on any atom is -0.496 e. The molecule has 9 heteroatoms. The van der Waals surface area contributed by atoms with Gasteiger partial charge in [-0.25, -0.2) is 9.37 Å². The van der Waals surface area contributed by atoms with Crippen molar-refractivity contribution >= 4 is 22.5 Å². The molecular weight excluding hydrogens is 485 g/mol. The van der Waals surface area contributed by atoms with E-state index >= 15 is 0 Å². The number of methoxy groups -OCH3 is 1. The average molecular weight is 514 g/mol. The molecule has 1 fully saturated rings. The Labute approximate surface area is 218 Å². The number of pyridine rings is 1. The Hall–Kier alpha value is -4.24. The first-order chi connectivity index (χ1) is 18.4. The minimum absolute atomic E-state index is 0.126. The fraction of sp³-hybridized carbons (Fsp3) is 0.276. The Kier molecular flexibility index (Phi) is 6.07. The standard InChI is InChI=1S/C29H28FN5O3/c1-38-25-6-2-5-23(30)22(25)16-29(37)11-3-4-20(15-29)32-28(36)18-7-9-24-21(14-18)27(34-33-24)19-8-10-26-31-12-13-35(26)17-19/h2,5-10,12-14,17,20,37H,3-4,11,15-16H2,1H3,(H,32,36)(H,33,34)/t20-,29-/m1/s1. The van der Waals surface area contributed by atoms with Gasteiger partial charge in [-0.15, -0.1) is 0 Å². The second-order valence-corrected chi connectivity index (χ2v) is 10.0. The summed E-state index contributed by atoms with van der Waals surface area (Å²) < 4.78 is 21.8. The van der Waals surface area contributed by atoms with E-state index < -0.39 is 11.4 Å². The number of ether oxygens (including phenoxy) is 1. The molecule has 3 N–H and O–H groups in total. The number of nitrogens with zero attached hydrogens (tertiary/aromatic N) is 3. The largest absolute Gasteiger partial charge is 0.496 e. The predicted octanol–water partition coefficient (Wildman–Crippen LogP) is 4.67. The molecule has 3 aromatic heterocycles. The summed E-state index contributed by atoms with van der Waals surface area (Å²) in [7, 11) is 1.49. The number of benzene rings is 2. The van der Waals surface area contributed by atoms with E-state index in [-0.39, 0.29) is 18.4 Å². The number of aromatic nitrogens is 4. The summed E-state index contributed by atoms with van der Waals surface area (Å²) in [5, 5.41) is 22.8. The van der Waals surface area contributed by atoms with Gasteiger partial charge in [0.1, 0.15) is 22.9 Å². The molecule has 6 rings (SSSR count). The van der Waals surface area contributed by atoms with E-state index in [0.29, 0.717) is 29.7 Å². The second-order valence-electron chi connectivity index (χ2n) is 10.0. The third-order valence-electron chi connectivity index (χ3n) is 7.45. The number of halogens is 1. The Morgan fingerprint density at radius 3 is 3.05 bits per heavy atom. The average Bonchev–Trinajstić information content (AvgIpc) is 3.56. The number of hydrogen-bond acceptors (Lipinski definition) is 5. The van der Waals surface area contributed by atoms with Crippen molar-refractivity contribution in [3.63, 3.8) is 0 Å². The highest BCUT2D eigenvalue weighted by molar-refractivity contribution is 6.01. The number of carbonyl (C=O) groups excluding carboxylic acids is 1. The van der Waals surface area contributed by atoms with Crippen LogP contribution in [-0.4, -0.2) is 49.3 Å². The molecule has 3 heterocycles. The molecule has 1 saturated carbocycles. The number of aliphatic hydroxyl groups is 1. The highest BCUT2D eigenvalue weighted by Crippen LogP contribution is 2.35. The van der Waals surface area contributed by atoms with Crippen molar-refractivity contribution in [3.8, 4) is 17.0 Å². The smallest absolute Gasteiger partial charge is 0.251 e. The molecule has 0 spiro atoms. The number of nitrogens with one attached hydrogen (secondary N) is 2. The number of amides is 1. The van der Waals surface area contributed by atoms with Crippen LogP contribution in [0.4, 0.5) is 4.39 Å². The number of aromatic amines is 1. The van der Waals surface area contributed by atoms with Crippen molar-refractivity contribution < 1.29 is 19.0 Å². The first-order valence-corrected chi connectivity index (χ1v) is 12.7. The van der Waals surface area contributed by atoms with Gasteiger partial charge >= 0.3 is 0 Å². The summed E-state index contributed by atoms with van der Waals surface area (Å²) >= 11 is 0. The normalized spacial score (nSPS) is 19.6. The van der Waals surface area contributed by atoms with Crippen molar-refractivity contribution in [2.45, 2.75) is 43.7 Å². The summed E-state index contributed by atoms with van der Waals surface area (Å²) in [6, 6.07) is 13.7. The number of fused-ring (bicyclic) bond motifs is 2. The third kappa shape index (κ3) is 4.50. The molecule has 38 heavy (non-hydrogen) atoms. The van der Waals surface area contributed by atoms with Crippen molar-refractivity contribution in [2.75, 3.05) is 7.11 Å². The molecule has 194 valence electrons. The second kappa shape index (κ2) is 9.57. The van der Waals surface area contributed by atoms with Gasteiger partial charge in [0.2, 0.25) is 0 Å². The van der Waals surface area contributed by atoms with Gasteiger partial charge < -0.3 is 19.6 Å². The van der Waals surface area contributed by atoms with Crippen LogP contribution >= 0.6 is 0 Å². The van der Waals surface area contributed by atoms with E-state index in [0.717, 1.165) is 40.6 Å². The van der Waals surface area contributed by atoms with Crippen LogP contribution in [0.2, 0.25) is 0 Å². The fourth-order valence-electron chi connectivity index (χ4n) is 5.56. The third-order valence-corrected chi connectivity index (χ3v) is 7.45. The van der Waals surface area contributed by atoms with Crippen molar-refractivity contribution in [3.05, 3.63) is 84.1 Å². The molecule has 1 amide bonds. The van der Waals surface area contributed by atoms with Crippen LogP contribution < -0.4 is 10.1 Å². The van der Waals surface area contributed by atoms with E-state index in [9.17, 15) is 14.3 Å². The fourth-order valence-corrected chi connectivity index (χ4v) is 5.56. The lowest BCUT2D eigenvalue weighted by Gasteiger charge is -2.37. The van der Waals surface area contributed by atoms with Crippen LogP contribution in [0, 0.1) is 5.82 Å². The van der Waals surface area contributed by atoms with Gasteiger partial charge in [0, 0.05) is 53.1 Å². The first kappa shape index (κ1) is 24.1. The lowest BCUT2D eigenvalue weighted by Crippen LogP contribution is -2.47. The molecule has 0 saturated heterocycles. The number of hydrogen-bond donors (Lipinski definition) is 3. The van der Waals surface area contributed by atoms with Crippen LogP contribution in [-0.2, 0) is 6.42 Å². The Morgan fingerprint density at radius 2 is 2.18 bits per heavy atom. The van der Waals surface area contributed by atoms with E-state index in [1.807, 2.05) is 41.1 Å². The maximum Gasteiger partial charge on any atom is 0.251 e. The molecule has 5 aromatic rings. The van der Waals surface area contributed by atoms with Crippen molar-refractivity contribution in [1.82, 2.24) is 24.9 Å². The molecule has 2 atom stereocenters.